The van der Waals surface area contributed by atoms with Crippen LogP contribution in [0.2, 0.25) is 15.3 Å². The summed E-state index contributed by atoms with van der Waals surface area (Å²) in [5.74, 6) is 0.600. The van der Waals surface area contributed by atoms with Crippen LogP contribution in [-0.4, -0.2) is 9.97 Å². The van der Waals surface area contributed by atoms with E-state index in [-0.39, 0.29) is 0 Å². The third-order valence-electron chi connectivity index (χ3n) is 2.09. The summed E-state index contributed by atoms with van der Waals surface area (Å²) < 4.78 is 0.672. The molecule has 2 nitrogen and oxygen atoms in total. The van der Waals surface area contributed by atoms with Gasteiger partial charge < -0.3 is 0 Å². The largest absolute Gasteiger partial charge is 0.220 e. The van der Waals surface area contributed by atoms with Gasteiger partial charge in [-0.05, 0) is 40.3 Å². The molecule has 1 aromatic carbocycles. The van der Waals surface area contributed by atoms with Crippen LogP contribution < -0.4 is 0 Å². The molecular weight excluding hydrogens is 393 g/mol. The second-order valence-corrected chi connectivity index (χ2v) is 5.57. The van der Waals surface area contributed by atoms with Gasteiger partial charge in [-0.2, -0.15) is 0 Å². The van der Waals surface area contributed by atoms with Crippen molar-refractivity contribution in [1.82, 2.24) is 9.97 Å². The molecule has 0 saturated heterocycles. The summed E-state index contributed by atoms with van der Waals surface area (Å²) >= 11 is 19.7. The van der Waals surface area contributed by atoms with Crippen molar-refractivity contribution < 1.29 is 0 Å². The van der Waals surface area contributed by atoms with Gasteiger partial charge in [-0.1, -0.05) is 46.9 Å². The van der Waals surface area contributed by atoms with Gasteiger partial charge >= 0.3 is 0 Å². The molecule has 0 bridgehead atoms. The molecule has 0 radical (unpaired) electrons. The van der Waals surface area contributed by atoms with Crippen LogP contribution in [0.3, 0.4) is 0 Å². The van der Waals surface area contributed by atoms with Gasteiger partial charge in [0.15, 0.2) is 0 Å². The highest BCUT2D eigenvalue weighted by Gasteiger charge is 2.09. The molecule has 0 amide bonds. The maximum atomic E-state index is 5.95. The Morgan fingerprint density at radius 1 is 0.941 bits per heavy atom. The summed E-state index contributed by atoms with van der Waals surface area (Å²) in [4.78, 5) is 8.36. The molecule has 0 saturated carbocycles. The van der Waals surface area contributed by atoms with E-state index in [4.69, 9.17) is 34.8 Å². The molecule has 0 N–H and O–H groups in total. The maximum Gasteiger partial charge on any atom is 0.147 e. The fourth-order valence-electron chi connectivity index (χ4n) is 1.30. The van der Waals surface area contributed by atoms with Gasteiger partial charge in [0.2, 0.25) is 0 Å². The Labute approximate surface area is 127 Å². The number of nitrogens with zero attached hydrogens (tertiary/aromatic N) is 2. The number of aromatic nitrogens is 2. The minimum atomic E-state index is 0.384. The van der Waals surface area contributed by atoms with Crippen LogP contribution in [0.4, 0.5) is 0 Å². The zero-order valence-electron chi connectivity index (χ0n) is 8.42. The Kier molecular flexibility index (Phi) is 4.47. The molecule has 2 aromatic rings. The fraction of sp³-hybridized carbons (Fsp3) is 0.0909. The molecule has 0 aliphatic heterocycles. The Hall–Kier alpha value is -0.100. The molecule has 1 aromatic heterocycles. The lowest BCUT2D eigenvalue weighted by atomic mass is 10.1. The number of hydrogen-bond donors (Lipinski definition) is 0. The second kappa shape index (κ2) is 5.69. The van der Waals surface area contributed by atoms with Crippen LogP contribution in [0.15, 0.2) is 24.3 Å². The van der Waals surface area contributed by atoms with Crippen LogP contribution >= 0.6 is 57.4 Å². The monoisotopic (exact) mass is 398 g/mol. The highest BCUT2D eigenvalue weighted by molar-refractivity contribution is 14.1. The third-order valence-corrected chi connectivity index (χ3v) is 4.55. The normalized spacial score (nSPS) is 10.6. The lowest BCUT2D eigenvalue weighted by molar-refractivity contribution is 0.962. The van der Waals surface area contributed by atoms with Gasteiger partial charge in [-0.25, -0.2) is 9.97 Å². The lowest BCUT2D eigenvalue weighted by Gasteiger charge is -2.04. The first kappa shape index (κ1) is 13.3. The van der Waals surface area contributed by atoms with Gasteiger partial charge in [-0.3, -0.25) is 0 Å². The van der Waals surface area contributed by atoms with E-state index in [9.17, 15) is 0 Å². The molecule has 17 heavy (non-hydrogen) atoms. The lowest BCUT2D eigenvalue weighted by Crippen LogP contribution is -1.99. The van der Waals surface area contributed by atoms with Gasteiger partial charge in [0.25, 0.3) is 0 Å². The van der Waals surface area contributed by atoms with Crippen molar-refractivity contribution in [3.05, 3.63) is 54.6 Å². The molecule has 2 rings (SSSR count). The minimum absolute atomic E-state index is 0.384. The van der Waals surface area contributed by atoms with Crippen LogP contribution in [0.1, 0.15) is 11.4 Å². The Morgan fingerprint density at radius 3 is 2.00 bits per heavy atom. The zero-order chi connectivity index (χ0) is 12.4. The van der Waals surface area contributed by atoms with Gasteiger partial charge in [0.05, 0.1) is 3.57 Å². The SMILES string of the molecule is Clc1ccc(Cc2nc(Cl)c(I)c(Cl)n2)cc1. The smallest absolute Gasteiger partial charge is 0.147 e. The van der Waals surface area contributed by atoms with Crippen molar-refractivity contribution in [3.63, 3.8) is 0 Å². The molecule has 0 spiro atoms. The Balaban J connectivity index is 2.27. The van der Waals surface area contributed by atoms with Crippen molar-refractivity contribution in [1.29, 1.82) is 0 Å². The molecule has 0 unspecified atom stereocenters. The highest BCUT2D eigenvalue weighted by Crippen LogP contribution is 2.23. The minimum Gasteiger partial charge on any atom is -0.220 e. The molecule has 6 heteroatoms. The van der Waals surface area contributed by atoms with E-state index in [0.717, 1.165) is 5.56 Å². The van der Waals surface area contributed by atoms with Crippen molar-refractivity contribution in [2.75, 3.05) is 0 Å². The number of hydrogen-bond acceptors (Lipinski definition) is 2. The molecule has 0 aliphatic rings. The molecule has 0 atom stereocenters. The first-order valence-corrected chi connectivity index (χ1v) is 6.89. The van der Waals surface area contributed by atoms with E-state index < -0.39 is 0 Å². The Morgan fingerprint density at radius 2 is 1.47 bits per heavy atom. The fourth-order valence-corrected chi connectivity index (χ4v) is 2.09. The molecule has 0 aliphatic carbocycles. The van der Waals surface area contributed by atoms with Gasteiger partial charge in [0.1, 0.15) is 16.1 Å². The zero-order valence-corrected chi connectivity index (χ0v) is 12.8. The maximum absolute atomic E-state index is 5.95. The average molecular weight is 399 g/mol. The summed E-state index contributed by atoms with van der Waals surface area (Å²) in [6, 6.07) is 7.50. The standard InChI is InChI=1S/C11H6Cl3IN2/c12-7-3-1-6(2-4-7)5-8-16-10(13)9(15)11(14)17-8/h1-4H,5H2. The topological polar surface area (TPSA) is 25.8 Å². The summed E-state index contributed by atoms with van der Waals surface area (Å²) in [6.45, 7) is 0. The molecule has 88 valence electrons. The Bertz CT molecular complexity index is 520. The van der Waals surface area contributed by atoms with Crippen molar-refractivity contribution in [2.24, 2.45) is 0 Å². The third kappa shape index (κ3) is 3.44. The average Bonchev–Trinajstić information content (AvgIpc) is 2.29. The van der Waals surface area contributed by atoms with Crippen molar-refractivity contribution in [2.45, 2.75) is 6.42 Å². The van der Waals surface area contributed by atoms with Gasteiger partial charge in [-0.15, -0.1) is 0 Å². The van der Waals surface area contributed by atoms with Crippen LogP contribution in [0.5, 0.6) is 0 Å². The number of rotatable bonds is 2. The summed E-state index contributed by atoms with van der Waals surface area (Å²) in [7, 11) is 0. The van der Waals surface area contributed by atoms with E-state index in [0.29, 0.717) is 31.1 Å². The van der Waals surface area contributed by atoms with Crippen LogP contribution in [0.25, 0.3) is 0 Å². The molecular formula is C11H6Cl3IN2. The molecule has 1 heterocycles. The van der Waals surface area contributed by atoms with Crippen molar-refractivity contribution in [3.8, 4) is 0 Å². The van der Waals surface area contributed by atoms with Crippen LogP contribution in [-0.2, 0) is 6.42 Å². The van der Waals surface area contributed by atoms with E-state index in [1.165, 1.54) is 0 Å². The van der Waals surface area contributed by atoms with Gasteiger partial charge in [0, 0.05) is 11.4 Å². The van der Waals surface area contributed by atoms with Crippen molar-refractivity contribution >= 4 is 57.4 Å². The highest BCUT2D eigenvalue weighted by atomic mass is 127. The van der Waals surface area contributed by atoms with E-state index in [1.807, 2.05) is 46.9 Å². The first-order chi connectivity index (χ1) is 8.06. The summed E-state index contributed by atoms with van der Waals surface area (Å²) in [5, 5.41) is 1.47. The summed E-state index contributed by atoms with van der Waals surface area (Å²) in [5.41, 5.74) is 1.06. The quantitative estimate of drug-likeness (QED) is 0.544. The molecule has 0 fully saturated rings. The van der Waals surface area contributed by atoms with E-state index in [2.05, 4.69) is 9.97 Å². The first-order valence-electron chi connectivity index (χ1n) is 4.68. The van der Waals surface area contributed by atoms with Crippen LogP contribution in [0, 0.1) is 3.57 Å². The predicted molar refractivity (Wildman–Crippen MR) is 79.0 cm³/mol. The second-order valence-electron chi connectivity index (χ2n) is 3.34. The van der Waals surface area contributed by atoms with E-state index >= 15 is 0 Å². The summed E-state index contributed by atoms with van der Waals surface area (Å²) in [6.07, 6.45) is 0.577. The number of halogens is 4. The number of benzene rings is 1. The predicted octanol–water partition coefficient (Wildman–Crippen LogP) is 4.63. The van der Waals surface area contributed by atoms with E-state index in [1.54, 1.807) is 0 Å².